The molecule has 2 heterocycles. The molecule has 0 spiro atoms. The van der Waals surface area contributed by atoms with Crippen LogP contribution in [0.2, 0.25) is 0 Å². The lowest BCUT2D eigenvalue weighted by Crippen LogP contribution is -2.29. The molecule has 0 radical (unpaired) electrons. The second-order valence-corrected chi connectivity index (χ2v) is 6.68. The van der Waals surface area contributed by atoms with E-state index in [1.54, 1.807) is 0 Å². The summed E-state index contributed by atoms with van der Waals surface area (Å²) in [5, 5.41) is 4.87. The van der Waals surface area contributed by atoms with Gasteiger partial charge in [0.2, 0.25) is 0 Å². The number of hydrogen-bond donors (Lipinski definition) is 1. The number of rotatable bonds is 4. The first-order valence-electron chi connectivity index (χ1n) is 8.71. The zero-order chi connectivity index (χ0) is 15.5. The van der Waals surface area contributed by atoms with Gasteiger partial charge < -0.3 is 9.88 Å². The molecule has 2 heteroatoms. The van der Waals surface area contributed by atoms with Gasteiger partial charge >= 0.3 is 0 Å². The minimum Gasteiger partial charge on any atom is -0.347 e. The molecule has 4 rings (SSSR count). The molecule has 1 aliphatic rings. The molecule has 1 saturated heterocycles. The van der Waals surface area contributed by atoms with E-state index in [0.29, 0.717) is 0 Å². The zero-order valence-electron chi connectivity index (χ0n) is 13.5. The number of aromatic nitrogens is 1. The Hall–Kier alpha value is -2.06. The highest BCUT2D eigenvalue weighted by molar-refractivity contribution is 5.84. The van der Waals surface area contributed by atoms with Crippen molar-refractivity contribution in [3.63, 3.8) is 0 Å². The maximum Gasteiger partial charge on any atom is 0.0483 e. The number of nitrogens with zero attached hydrogens (tertiary/aromatic N) is 1. The molecule has 0 atom stereocenters. The van der Waals surface area contributed by atoms with Crippen molar-refractivity contribution in [3.05, 3.63) is 71.9 Å². The van der Waals surface area contributed by atoms with Crippen LogP contribution in [0, 0.1) is 5.92 Å². The van der Waals surface area contributed by atoms with E-state index in [2.05, 4.69) is 70.7 Å². The number of para-hydroxylation sites is 1. The Morgan fingerprint density at radius 3 is 2.48 bits per heavy atom. The van der Waals surface area contributed by atoms with Crippen LogP contribution in [0.15, 0.2) is 60.8 Å². The number of fused-ring (bicyclic) bond motifs is 1. The largest absolute Gasteiger partial charge is 0.347 e. The summed E-state index contributed by atoms with van der Waals surface area (Å²) in [6.45, 7) is 3.48. The third-order valence-corrected chi connectivity index (χ3v) is 5.02. The summed E-state index contributed by atoms with van der Waals surface area (Å²) in [7, 11) is 0. The van der Waals surface area contributed by atoms with Crippen LogP contribution in [0.5, 0.6) is 0 Å². The van der Waals surface area contributed by atoms with Crippen molar-refractivity contribution in [1.29, 1.82) is 0 Å². The van der Waals surface area contributed by atoms with Gasteiger partial charge in [0, 0.05) is 23.6 Å². The van der Waals surface area contributed by atoms with Crippen LogP contribution in [0.3, 0.4) is 0 Å². The van der Waals surface area contributed by atoms with Crippen LogP contribution >= 0.6 is 0 Å². The predicted octanol–water partition coefficient (Wildman–Crippen LogP) is 4.23. The van der Waals surface area contributed by atoms with Crippen molar-refractivity contribution in [2.24, 2.45) is 5.92 Å². The number of nitrogens with one attached hydrogen (secondary N) is 1. The molecule has 1 aliphatic heterocycles. The van der Waals surface area contributed by atoms with Crippen LogP contribution < -0.4 is 5.32 Å². The highest BCUT2D eigenvalue weighted by Gasteiger charge is 2.16. The molecule has 1 aromatic heterocycles. The average molecular weight is 304 g/mol. The summed E-state index contributed by atoms with van der Waals surface area (Å²) in [4.78, 5) is 0. The lowest BCUT2D eigenvalue weighted by molar-refractivity contribution is 0.337. The van der Waals surface area contributed by atoms with Crippen LogP contribution in [0.4, 0.5) is 0 Å². The predicted molar refractivity (Wildman–Crippen MR) is 96.8 cm³/mol. The molecule has 0 bridgehead atoms. The normalized spacial score (nSPS) is 16.0. The van der Waals surface area contributed by atoms with E-state index in [0.717, 1.165) is 18.9 Å². The van der Waals surface area contributed by atoms with Gasteiger partial charge in [0.25, 0.3) is 0 Å². The number of benzene rings is 2. The van der Waals surface area contributed by atoms with E-state index < -0.39 is 0 Å². The molecular formula is C21H24N2. The molecule has 118 valence electrons. The van der Waals surface area contributed by atoms with Gasteiger partial charge in [-0.15, -0.1) is 0 Å². The molecule has 1 N–H and O–H groups in total. The minimum absolute atomic E-state index is 0.802. The van der Waals surface area contributed by atoms with Crippen LogP contribution in [-0.4, -0.2) is 17.7 Å². The van der Waals surface area contributed by atoms with E-state index in [9.17, 15) is 0 Å². The van der Waals surface area contributed by atoms with E-state index in [1.807, 2.05) is 0 Å². The van der Waals surface area contributed by atoms with Gasteiger partial charge in [-0.25, -0.2) is 0 Å². The lowest BCUT2D eigenvalue weighted by atomic mass is 9.98. The van der Waals surface area contributed by atoms with Crippen LogP contribution in [-0.2, 0) is 13.0 Å². The lowest BCUT2D eigenvalue weighted by Gasteiger charge is -2.23. The maximum atomic E-state index is 3.47. The molecule has 3 aromatic rings. The van der Waals surface area contributed by atoms with Gasteiger partial charge in [-0.05, 0) is 55.5 Å². The molecule has 0 unspecified atom stereocenters. The fraction of sp³-hybridized carbons (Fsp3) is 0.333. The molecule has 2 aromatic carbocycles. The van der Waals surface area contributed by atoms with E-state index in [4.69, 9.17) is 0 Å². The average Bonchev–Trinajstić information content (AvgIpc) is 2.95. The van der Waals surface area contributed by atoms with Crippen molar-refractivity contribution in [2.45, 2.75) is 25.8 Å². The third kappa shape index (κ3) is 3.18. The topological polar surface area (TPSA) is 17.0 Å². The van der Waals surface area contributed by atoms with Gasteiger partial charge in [0.1, 0.15) is 0 Å². The third-order valence-electron chi connectivity index (χ3n) is 5.02. The summed E-state index contributed by atoms with van der Waals surface area (Å²) in [6, 6.07) is 19.6. The number of piperidine rings is 1. The smallest absolute Gasteiger partial charge is 0.0483 e. The summed E-state index contributed by atoms with van der Waals surface area (Å²) in [6.07, 6.45) is 5.99. The van der Waals surface area contributed by atoms with Gasteiger partial charge in [-0.3, -0.25) is 0 Å². The summed E-state index contributed by atoms with van der Waals surface area (Å²) in [5.74, 6) is 0.802. The van der Waals surface area contributed by atoms with Gasteiger partial charge in [0.05, 0.1) is 0 Å². The number of hydrogen-bond acceptors (Lipinski definition) is 1. The second kappa shape index (κ2) is 6.59. The standard InChI is InChI=1S/C21H24N2/c1-2-6-17(7-3-1)14-19-16-23(15-18-10-12-22-13-11-18)21-9-5-4-8-20(19)21/h1-9,16,18,22H,10-15H2. The van der Waals surface area contributed by atoms with E-state index in [1.165, 1.54) is 48.0 Å². The second-order valence-electron chi connectivity index (χ2n) is 6.68. The van der Waals surface area contributed by atoms with Crippen molar-refractivity contribution >= 4 is 10.9 Å². The Morgan fingerprint density at radius 2 is 1.65 bits per heavy atom. The van der Waals surface area contributed by atoms with E-state index in [-0.39, 0.29) is 0 Å². The van der Waals surface area contributed by atoms with Crippen molar-refractivity contribution in [1.82, 2.24) is 9.88 Å². The van der Waals surface area contributed by atoms with Crippen molar-refractivity contribution < 1.29 is 0 Å². The molecule has 2 nitrogen and oxygen atoms in total. The fourth-order valence-corrected chi connectivity index (χ4v) is 3.77. The summed E-state index contributed by atoms with van der Waals surface area (Å²) >= 11 is 0. The molecule has 0 aliphatic carbocycles. The Balaban J connectivity index is 1.65. The van der Waals surface area contributed by atoms with Crippen molar-refractivity contribution in [2.75, 3.05) is 13.1 Å². The molecule has 0 amide bonds. The Morgan fingerprint density at radius 1 is 0.913 bits per heavy atom. The highest BCUT2D eigenvalue weighted by Crippen LogP contribution is 2.26. The van der Waals surface area contributed by atoms with Gasteiger partial charge in [-0.2, -0.15) is 0 Å². The first-order chi connectivity index (χ1) is 11.4. The highest BCUT2D eigenvalue weighted by atomic mass is 15.0. The monoisotopic (exact) mass is 304 g/mol. The van der Waals surface area contributed by atoms with Crippen LogP contribution in [0.1, 0.15) is 24.0 Å². The molecule has 23 heavy (non-hydrogen) atoms. The summed E-state index contributed by atoms with van der Waals surface area (Å²) in [5.41, 5.74) is 4.22. The SMILES string of the molecule is c1ccc(Cc2cn(CC3CCNCC3)c3ccccc23)cc1. The molecule has 0 saturated carbocycles. The van der Waals surface area contributed by atoms with Gasteiger partial charge in [0.15, 0.2) is 0 Å². The molecule has 1 fully saturated rings. The van der Waals surface area contributed by atoms with Gasteiger partial charge in [-0.1, -0.05) is 48.5 Å². The fourth-order valence-electron chi connectivity index (χ4n) is 3.77. The Kier molecular flexibility index (Phi) is 4.16. The van der Waals surface area contributed by atoms with Crippen LogP contribution in [0.25, 0.3) is 10.9 Å². The quantitative estimate of drug-likeness (QED) is 0.763. The zero-order valence-corrected chi connectivity index (χ0v) is 13.5. The van der Waals surface area contributed by atoms with Crippen molar-refractivity contribution in [3.8, 4) is 0 Å². The summed E-state index contributed by atoms with van der Waals surface area (Å²) < 4.78 is 2.49. The first-order valence-corrected chi connectivity index (χ1v) is 8.71. The molecular weight excluding hydrogens is 280 g/mol. The Labute approximate surface area is 138 Å². The maximum absolute atomic E-state index is 3.47. The minimum atomic E-state index is 0.802. The van der Waals surface area contributed by atoms with E-state index >= 15 is 0 Å². The Bertz CT molecular complexity index is 767. The first kappa shape index (κ1) is 14.5.